The van der Waals surface area contributed by atoms with E-state index in [1.807, 2.05) is 0 Å². The van der Waals surface area contributed by atoms with Gasteiger partial charge in [-0.15, -0.1) is 0 Å². The van der Waals surface area contributed by atoms with Gasteiger partial charge in [0.1, 0.15) is 5.75 Å². The minimum absolute atomic E-state index is 0.0376. The van der Waals surface area contributed by atoms with E-state index in [0.717, 1.165) is 0 Å². The number of carboxylic acid groups (broad SMARTS) is 1. The van der Waals surface area contributed by atoms with Crippen LogP contribution in [0.2, 0.25) is 10.0 Å². The average molecular weight is 318 g/mol. The van der Waals surface area contributed by atoms with Crippen LogP contribution in [0.25, 0.3) is 0 Å². The Kier molecular flexibility index (Phi) is 4.37. The van der Waals surface area contributed by atoms with Crippen molar-refractivity contribution < 1.29 is 15.0 Å². The summed E-state index contributed by atoms with van der Waals surface area (Å²) in [5.41, 5.74) is 1.63. The van der Waals surface area contributed by atoms with Crippen LogP contribution in [0.4, 0.5) is 11.4 Å². The molecule has 2 aromatic rings. The van der Waals surface area contributed by atoms with E-state index in [1.165, 1.54) is 12.1 Å². The molecule has 0 fully saturated rings. The lowest BCUT2D eigenvalue weighted by Gasteiger charge is -2.14. The van der Waals surface area contributed by atoms with Crippen molar-refractivity contribution in [2.75, 3.05) is 5.32 Å². The fourth-order valence-electron chi connectivity index (χ4n) is 1.77. The second-order valence-corrected chi connectivity index (χ2v) is 4.95. The molecule has 0 spiro atoms. The van der Waals surface area contributed by atoms with Crippen molar-refractivity contribution in [3.63, 3.8) is 0 Å². The Labute approximate surface area is 125 Å². The number of nitrogens with one attached hydrogen (secondary N) is 1. The van der Waals surface area contributed by atoms with Gasteiger partial charge in [0.25, 0.3) is 0 Å². The molecule has 104 valence electrons. The van der Waals surface area contributed by atoms with E-state index in [1.54, 1.807) is 24.3 Å². The molecule has 6 heteroatoms. The van der Waals surface area contributed by atoms with Crippen LogP contribution < -0.4 is 5.32 Å². The maximum Gasteiger partial charge on any atom is 0.307 e. The SMILES string of the molecule is O=C(O)C[13c]1[13cH][13cH][13cH][13cH][13c]1Nc1c(Cl)cc(O)cc1Cl. The van der Waals surface area contributed by atoms with Gasteiger partial charge in [0.15, 0.2) is 0 Å². The molecule has 2 rings (SSSR count). The fourth-order valence-corrected chi connectivity index (χ4v) is 2.34. The van der Waals surface area contributed by atoms with E-state index in [0.29, 0.717) is 16.9 Å². The molecule has 0 aliphatic carbocycles. The van der Waals surface area contributed by atoms with E-state index in [2.05, 4.69) is 5.32 Å². The second-order valence-electron chi connectivity index (χ2n) is 4.14. The number of aromatic hydroxyl groups is 1. The van der Waals surface area contributed by atoms with Crippen LogP contribution >= 0.6 is 23.2 Å². The zero-order valence-corrected chi connectivity index (χ0v) is 11.7. The summed E-state index contributed by atoms with van der Waals surface area (Å²) in [4.78, 5) is 10.8. The van der Waals surface area contributed by atoms with Gasteiger partial charge < -0.3 is 15.5 Å². The van der Waals surface area contributed by atoms with Crippen LogP contribution in [0.3, 0.4) is 0 Å². The van der Waals surface area contributed by atoms with Crippen molar-refractivity contribution in [2.45, 2.75) is 6.42 Å². The monoisotopic (exact) mass is 317 g/mol. The highest BCUT2D eigenvalue weighted by Crippen LogP contribution is 2.36. The van der Waals surface area contributed by atoms with Gasteiger partial charge in [-0.3, -0.25) is 4.79 Å². The van der Waals surface area contributed by atoms with Crippen molar-refractivity contribution in [1.29, 1.82) is 0 Å². The number of rotatable bonds is 4. The number of carboxylic acids is 1. The molecule has 4 nitrogen and oxygen atoms in total. The lowest BCUT2D eigenvalue weighted by molar-refractivity contribution is -0.136. The van der Waals surface area contributed by atoms with E-state index in [4.69, 9.17) is 28.3 Å². The molecule has 0 aliphatic heterocycles. The maximum atomic E-state index is 10.8. The van der Waals surface area contributed by atoms with Gasteiger partial charge in [-0.2, -0.15) is 0 Å². The quantitative estimate of drug-likeness (QED) is 0.743. The van der Waals surface area contributed by atoms with Gasteiger partial charge in [0.05, 0.1) is 22.2 Å². The lowest BCUT2D eigenvalue weighted by atomic mass is 10.3. The third-order valence-electron chi connectivity index (χ3n) is 2.65. The third-order valence-corrected chi connectivity index (χ3v) is 3.24. The highest BCUT2D eigenvalue weighted by Gasteiger charge is 2.11. The third kappa shape index (κ3) is 3.35. The minimum atomic E-state index is -0.929. The van der Waals surface area contributed by atoms with Crippen LogP contribution in [0.5, 0.6) is 5.75 Å². The van der Waals surface area contributed by atoms with Crippen molar-refractivity contribution in [1.82, 2.24) is 0 Å². The molecule has 0 unspecified atom stereocenters. The standard InChI is InChI=1S/C14H11Cl2NO3/c15-10-6-9(18)7-11(16)14(10)17-12-4-2-1-3-8(12)5-13(19)20/h1-4,6-7,17-18H,5H2,(H,19,20)/i1+1,2+1,3+1,4+1,8+1,12+1. The average Bonchev–Trinajstić information content (AvgIpc) is 2.34. The van der Waals surface area contributed by atoms with Gasteiger partial charge in [-0.05, 0) is 11.6 Å². The van der Waals surface area contributed by atoms with Crippen molar-refractivity contribution >= 4 is 40.5 Å². The largest absolute Gasteiger partial charge is 0.508 e. The van der Waals surface area contributed by atoms with Crippen LogP contribution in [-0.4, -0.2) is 16.2 Å². The Morgan fingerprint density at radius 1 is 1.15 bits per heavy atom. The van der Waals surface area contributed by atoms with Crippen LogP contribution in [0.1, 0.15) is 5.56 Å². The molecule has 0 amide bonds. The zero-order chi connectivity index (χ0) is 14.7. The Balaban J connectivity index is 2.38. The molecule has 3 N–H and O–H groups in total. The summed E-state index contributed by atoms with van der Waals surface area (Å²) in [6, 6.07) is 9.68. The summed E-state index contributed by atoms with van der Waals surface area (Å²) in [5, 5.41) is 21.8. The fraction of sp³-hybridized carbons (Fsp3) is 0.0714. The molecule has 0 aliphatic rings. The number of halogens is 2. The Morgan fingerprint density at radius 2 is 1.75 bits per heavy atom. The predicted octanol–water partition coefficient (Wildman–Crippen LogP) is 4.07. The number of hydrogen-bond acceptors (Lipinski definition) is 3. The van der Waals surface area contributed by atoms with E-state index in [-0.39, 0.29) is 22.2 Å². The first-order valence-corrected chi connectivity index (χ1v) is 6.47. The molecule has 0 radical (unpaired) electrons. The summed E-state index contributed by atoms with van der Waals surface area (Å²) < 4.78 is 0. The Bertz CT molecular complexity index is 636. The smallest absolute Gasteiger partial charge is 0.307 e. The molecule has 0 heterocycles. The molecule has 0 bridgehead atoms. The van der Waals surface area contributed by atoms with Gasteiger partial charge in [-0.25, -0.2) is 0 Å². The van der Waals surface area contributed by atoms with Crippen LogP contribution in [0.15, 0.2) is 36.4 Å². The van der Waals surface area contributed by atoms with Gasteiger partial charge in [0.2, 0.25) is 0 Å². The number of anilines is 2. The minimum Gasteiger partial charge on any atom is -0.508 e. The second kappa shape index (κ2) is 6.03. The first kappa shape index (κ1) is 14.5. The summed E-state index contributed by atoms with van der Waals surface area (Å²) in [6.45, 7) is 0. The van der Waals surface area contributed by atoms with E-state index >= 15 is 0 Å². The van der Waals surface area contributed by atoms with Crippen molar-refractivity contribution in [3.8, 4) is 5.75 Å². The molecule has 0 aromatic heterocycles. The normalized spacial score (nSPS) is 10.3. The first-order chi connectivity index (χ1) is 9.47. The molecule has 0 saturated carbocycles. The van der Waals surface area contributed by atoms with Crippen molar-refractivity contribution in [3.05, 3.63) is 52.0 Å². The number of hydrogen-bond donors (Lipinski definition) is 3. The number of para-hydroxylation sites is 1. The zero-order valence-electron chi connectivity index (χ0n) is 10.2. The van der Waals surface area contributed by atoms with Gasteiger partial charge >= 0.3 is 5.97 Å². The Hall–Kier alpha value is -1.91. The molecule has 0 atom stereocenters. The molecular weight excluding hydrogens is 307 g/mol. The summed E-state index contributed by atoms with van der Waals surface area (Å²) >= 11 is 12.0. The van der Waals surface area contributed by atoms with Crippen LogP contribution in [0, 0.1) is 0 Å². The summed E-state index contributed by atoms with van der Waals surface area (Å²) in [5.74, 6) is -0.966. The van der Waals surface area contributed by atoms with Crippen LogP contribution in [-0.2, 0) is 11.2 Å². The first-order valence-electron chi connectivity index (χ1n) is 5.72. The number of phenolic OH excluding ortho intramolecular Hbond substituents is 1. The number of phenols is 1. The van der Waals surface area contributed by atoms with E-state index in [9.17, 15) is 9.90 Å². The highest BCUT2D eigenvalue weighted by atomic mass is 35.5. The Morgan fingerprint density at radius 3 is 2.35 bits per heavy atom. The van der Waals surface area contributed by atoms with E-state index < -0.39 is 5.97 Å². The van der Waals surface area contributed by atoms with Crippen molar-refractivity contribution in [2.24, 2.45) is 0 Å². The highest BCUT2D eigenvalue weighted by molar-refractivity contribution is 6.39. The number of aliphatic carboxylic acids is 1. The molecule has 20 heavy (non-hydrogen) atoms. The predicted molar refractivity (Wildman–Crippen MR) is 79.2 cm³/mol. The molecular formula is C14H11Cl2NO3. The molecule has 2 aromatic carbocycles. The lowest BCUT2D eigenvalue weighted by Crippen LogP contribution is -2.04. The summed E-state index contributed by atoms with van der Waals surface area (Å²) in [7, 11) is 0. The maximum absolute atomic E-state index is 10.8. The summed E-state index contributed by atoms with van der Waals surface area (Å²) in [6.07, 6.45) is -0.115. The number of benzene rings is 2. The number of carbonyl (C=O) groups is 1. The topological polar surface area (TPSA) is 69.6 Å². The van der Waals surface area contributed by atoms with Gasteiger partial charge in [-0.1, -0.05) is 41.4 Å². The van der Waals surface area contributed by atoms with Gasteiger partial charge in [0, 0.05) is 17.8 Å². The molecule has 0 saturated heterocycles.